The summed E-state index contributed by atoms with van der Waals surface area (Å²) in [7, 11) is 0. The standard InChI is InChI=1S/C12H13Cl/c1-5-6-7-10(2)11(3)8-9-12(4)13/h5-9H,1-4H2/b7-6-,9-8-. The van der Waals surface area contributed by atoms with Crippen molar-refractivity contribution < 1.29 is 0 Å². The van der Waals surface area contributed by atoms with Gasteiger partial charge in [-0.05, 0) is 17.2 Å². The average Bonchev–Trinajstić information content (AvgIpc) is 2.10. The fourth-order valence-corrected chi connectivity index (χ4v) is 0.652. The molecule has 0 aromatic rings. The zero-order chi connectivity index (χ0) is 10.3. The van der Waals surface area contributed by atoms with Crippen molar-refractivity contribution in [2.75, 3.05) is 0 Å². The van der Waals surface area contributed by atoms with Crippen LogP contribution in [0, 0.1) is 0 Å². The molecule has 0 nitrogen and oxygen atoms in total. The lowest BCUT2D eigenvalue weighted by atomic mass is 10.1. The summed E-state index contributed by atoms with van der Waals surface area (Å²) in [6.45, 7) is 14.7. The predicted molar refractivity (Wildman–Crippen MR) is 61.8 cm³/mol. The summed E-state index contributed by atoms with van der Waals surface area (Å²) in [5, 5.41) is 0.474. The molecule has 0 aliphatic heterocycles. The maximum absolute atomic E-state index is 5.54. The summed E-state index contributed by atoms with van der Waals surface area (Å²) in [5.41, 5.74) is 1.63. The van der Waals surface area contributed by atoms with Crippen LogP contribution < -0.4 is 0 Å². The Bertz CT molecular complexity index is 290. The van der Waals surface area contributed by atoms with Crippen molar-refractivity contribution in [3.63, 3.8) is 0 Å². The summed E-state index contributed by atoms with van der Waals surface area (Å²) in [6, 6.07) is 0. The van der Waals surface area contributed by atoms with Gasteiger partial charge in [-0.1, -0.05) is 62.2 Å². The minimum Gasteiger partial charge on any atom is -0.0991 e. The lowest BCUT2D eigenvalue weighted by molar-refractivity contribution is 1.60. The largest absolute Gasteiger partial charge is 0.0991 e. The Labute approximate surface area is 84.9 Å². The molecule has 0 saturated carbocycles. The topological polar surface area (TPSA) is 0 Å². The molecule has 0 atom stereocenters. The summed E-state index contributed by atoms with van der Waals surface area (Å²) < 4.78 is 0. The summed E-state index contributed by atoms with van der Waals surface area (Å²) in [4.78, 5) is 0. The van der Waals surface area contributed by atoms with E-state index in [1.165, 1.54) is 0 Å². The van der Waals surface area contributed by atoms with Crippen LogP contribution in [0.25, 0.3) is 0 Å². The monoisotopic (exact) mass is 192 g/mol. The first-order valence-electron chi connectivity index (χ1n) is 3.77. The van der Waals surface area contributed by atoms with Crippen LogP contribution in [0.4, 0.5) is 0 Å². The SMILES string of the molecule is C=C/C=C\C(=C)C(=C)/C=C\C(=C)Cl. The Morgan fingerprint density at radius 1 is 0.923 bits per heavy atom. The van der Waals surface area contributed by atoms with Crippen LogP contribution in [0.1, 0.15) is 0 Å². The van der Waals surface area contributed by atoms with Gasteiger partial charge in [0, 0.05) is 5.03 Å². The first-order valence-corrected chi connectivity index (χ1v) is 4.15. The molecule has 0 saturated heterocycles. The molecule has 0 unspecified atom stereocenters. The van der Waals surface area contributed by atoms with E-state index >= 15 is 0 Å². The van der Waals surface area contributed by atoms with Crippen molar-refractivity contribution >= 4 is 11.6 Å². The third-order valence-corrected chi connectivity index (χ3v) is 1.44. The first-order chi connectivity index (χ1) is 6.07. The van der Waals surface area contributed by atoms with Gasteiger partial charge < -0.3 is 0 Å². The van der Waals surface area contributed by atoms with Crippen LogP contribution in [-0.4, -0.2) is 0 Å². The van der Waals surface area contributed by atoms with Crippen LogP contribution >= 0.6 is 11.6 Å². The van der Waals surface area contributed by atoms with Crippen molar-refractivity contribution in [2.24, 2.45) is 0 Å². The number of hydrogen-bond donors (Lipinski definition) is 0. The molecule has 0 spiro atoms. The van der Waals surface area contributed by atoms with Crippen molar-refractivity contribution in [3.05, 3.63) is 72.9 Å². The lowest BCUT2D eigenvalue weighted by Crippen LogP contribution is -1.77. The fourth-order valence-electron chi connectivity index (χ4n) is 0.589. The molecule has 0 aromatic heterocycles. The second-order valence-electron chi connectivity index (χ2n) is 2.43. The van der Waals surface area contributed by atoms with Crippen LogP contribution in [-0.2, 0) is 0 Å². The molecule has 68 valence electrons. The molecule has 0 aliphatic rings. The minimum atomic E-state index is 0.474. The number of rotatable bonds is 5. The van der Waals surface area contributed by atoms with E-state index in [0.717, 1.165) is 11.1 Å². The van der Waals surface area contributed by atoms with E-state index in [2.05, 4.69) is 26.3 Å². The normalized spacial score (nSPS) is 10.5. The molecule has 0 aliphatic carbocycles. The van der Waals surface area contributed by atoms with Gasteiger partial charge in [-0.25, -0.2) is 0 Å². The highest BCUT2D eigenvalue weighted by Gasteiger charge is 1.89. The summed E-state index contributed by atoms with van der Waals surface area (Å²) in [6.07, 6.45) is 8.76. The maximum Gasteiger partial charge on any atom is 0.0334 e. The fraction of sp³-hybridized carbons (Fsp3) is 0. The van der Waals surface area contributed by atoms with E-state index in [1.807, 2.05) is 6.08 Å². The number of allylic oxidation sites excluding steroid dienone is 8. The molecule has 1 heteroatoms. The molecule has 0 aromatic carbocycles. The second-order valence-corrected chi connectivity index (χ2v) is 2.91. The van der Waals surface area contributed by atoms with E-state index in [1.54, 1.807) is 24.3 Å². The minimum absolute atomic E-state index is 0.474. The summed E-state index contributed by atoms with van der Waals surface area (Å²) in [5.74, 6) is 0. The van der Waals surface area contributed by atoms with E-state index in [4.69, 9.17) is 11.6 Å². The zero-order valence-electron chi connectivity index (χ0n) is 7.59. The average molecular weight is 193 g/mol. The molecule has 0 N–H and O–H groups in total. The smallest absolute Gasteiger partial charge is 0.0334 e. The van der Waals surface area contributed by atoms with Gasteiger partial charge in [-0.2, -0.15) is 0 Å². The van der Waals surface area contributed by atoms with E-state index in [9.17, 15) is 0 Å². The Morgan fingerprint density at radius 3 is 1.92 bits per heavy atom. The Balaban J connectivity index is 4.28. The van der Waals surface area contributed by atoms with Crippen LogP contribution in [0.3, 0.4) is 0 Å². The van der Waals surface area contributed by atoms with Gasteiger partial charge in [0.2, 0.25) is 0 Å². The lowest BCUT2D eigenvalue weighted by Gasteiger charge is -1.96. The first kappa shape index (κ1) is 11.7. The van der Waals surface area contributed by atoms with Gasteiger partial charge in [0.1, 0.15) is 0 Å². The Kier molecular flexibility index (Phi) is 5.66. The molecular weight excluding hydrogens is 180 g/mol. The molecule has 0 radical (unpaired) electrons. The third kappa shape index (κ3) is 5.94. The van der Waals surface area contributed by atoms with Gasteiger partial charge in [0.15, 0.2) is 0 Å². The van der Waals surface area contributed by atoms with E-state index < -0.39 is 0 Å². The molecule has 13 heavy (non-hydrogen) atoms. The molecular formula is C12H13Cl. The van der Waals surface area contributed by atoms with Gasteiger partial charge in [-0.3, -0.25) is 0 Å². The molecule has 0 amide bonds. The van der Waals surface area contributed by atoms with Crippen LogP contribution in [0.5, 0.6) is 0 Å². The van der Waals surface area contributed by atoms with E-state index in [0.29, 0.717) is 5.03 Å². The highest BCUT2D eigenvalue weighted by Crippen LogP contribution is 2.10. The van der Waals surface area contributed by atoms with Crippen molar-refractivity contribution in [2.45, 2.75) is 0 Å². The number of halogens is 1. The quantitative estimate of drug-likeness (QED) is 0.574. The van der Waals surface area contributed by atoms with Crippen molar-refractivity contribution in [1.82, 2.24) is 0 Å². The predicted octanol–water partition coefficient (Wildman–Crippen LogP) is 4.15. The van der Waals surface area contributed by atoms with Crippen molar-refractivity contribution in [1.29, 1.82) is 0 Å². The highest BCUT2D eigenvalue weighted by molar-refractivity contribution is 6.30. The van der Waals surface area contributed by atoms with E-state index in [-0.39, 0.29) is 0 Å². The van der Waals surface area contributed by atoms with Crippen LogP contribution in [0.15, 0.2) is 72.9 Å². The Hall–Kier alpha value is -1.27. The molecule has 0 rings (SSSR count). The molecule has 0 fully saturated rings. The maximum atomic E-state index is 5.54. The zero-order valence-corrected chi connectivity index (χ0v) is 8.35. The van der Waals surface area contributed by atoms with Gasteiger partial charge in [-0.15, -0.1) is 0 Å². The molecule has 0 heterocycles. The number of hydrogen-bond acceptors (Lipinski definition) is 0. The second kappa shape index (κ2) is 6.27. The van der Waals surface area contributed by atoms with Crippen LogP contribution in [0.2, 0.25) is 0 Å². The van der Waals surface area contributed by atoms with Gasteiger partial charge in [0.25, 0.3) is 0 Å². The Morgan fingerprint density at radius 2 is 1.46 bits per heavy atom. The third-order valence-electron chi connectivity index (χ3n) is 1.31. The van der Waals surface area contributed by atoms with Gasteiger partial charge in [0.05, 0.1) is 0 Å². The highest BCUT2D eigenvalue weighted by atomic mass is 35.5. The van der Waals surface area contributed by atoms with Crippen molar-refractivity contribution in [3.8, 4) is 0 Å². The van der Waals surface area contributed by atoms with Gasteiger partial charge >= 0.3 is 0 Å². The summed E-state index contributed by atoms with van der Waals surface area (Å²) >= 11 is 5.54. The molecule has 0 bridgehead atoms.